The van der Waals surface area contributed by atoms with Crippen molar-refractivity contribution in [3.05, 3.63) is 83.5 Å². The number of anilines is 1. The zero-order valence-electron chi connectivity index (χ0n) is 41.3. The molecule has 0 radical (unpaired) electrons. The third-order valence-corrected chi connectivity index (χ3v) is 13.5. The number of nitrogen functional groups attached to an aromatic ring is 1. The largest absolute Gasteiger partial charge is 0.481 e. The number of hydrogen-bond acceptors (Lipinski definition) is 16. The minimum Gasteiger partial charge on any atom is -0.462 e. The lowest BCUT2D eigenvalue weighted by Crippen LogP contribution is -2.36. The van der Waals surface area contributed by atoms with Gasteiger partial charge in [0.1, 0.15) is 30.7 Å². The summed E-state index contributed by atoms with van der Waals surface area (Å²) in [5, 5.41) is 30.7. The fourth-order valence-electron chi connectivity index (χ4n) is 7.02. The number of carbonyl (C=O) groups excluding carboxylic acids is 2. The van der Waals surface area contributed by atoms with Crippen LogP contribution in [0.1, 0.15) is 155 Å². The molecule has 70 heavy (non-hydrogen) atoms. The molecule has 2 rings (SSSR count). The number of hydrogen-bond donors (Lipinski definition) is 6. The number of aliphatic hydroxyl groups excluding tert-OH is 3. The summed E-state index contributed by atoms with van der Waals surface area (Å²) >= 11 is 0. The zero-order chi connectivity index (χ0) is 51.6. The van der Waals surface area contributed by atoms with Crippen LogP contribution in [0.25, 0.3) is 0 Å². The molecule has 7 N–H and O–H groups in total. The molecule has 1 aromatic rings. The Morgan fingerprint density at radius 2 is 1.40 bits per heavy atom. The Hall–Kier alpha value is -3.58. The van der Waals surface area contributed by atoms with Crippen molar-refractivity contribution in [3.63, 3.8) is 0 Å². The SMILES string of the molecule is CC/C=C\C(O)C/C=C/C=C\C/C=C\C/C=C\CCCC(=O)O[C@H](COC(=O)CCCCCCCCCCCCCC(C)C)COP(=O)(O)OP(=O)(O)OC[C@H]1O[C@@H](n2ccc(N)nc2=O)[C@H](O)[C@@H]1O. The molecule has 0 spiro atoms. The summed E-state index contributed by atoms with van der Waals surface area (Å²) in [5.74, 6) is -0.637. The van der Waals surface area contributed by atoms with E-state index in [9.17, 15) is 48.6 Å². The molecular weight excluding hydrogens is 948 g/mol. The van der Waals surface area contributed by atoms with Crippen molar-refractivity contribution in [3.8, 4) is 0 Å². The van der Waals surface area contributed by atoms with Crippen molar-refractivity contribution in [1.82, 2.24) is 9.55 Å². The first-order valence-electron chi connectivity index (χ1n) is 24.8. The lowest BCUT2D eigenvalue weighted by molar-refractivity contribution is -0.161. The van der Waals surface area contributed by atoms with Gasteiger partial charge in [0.15, 0.2) is 12.3 Å². The molecule has 8 atom stereocenters. The van der Waals surface area contributed by atoms with Crippen molar-refractivity contribution in [2.75, 3.05) is 25.6 Å². The molecule has 2 heterocycles. The smallest absolute Gasteiger partial charge is 0.462 e. The number of unbranched alkanes of at least 4 members (excludes halogenated alkanes) is 11. The first-order chi connectivity index (χ1) is 33.4. The van der Waals surface area contributed by atoms with Crippen molar-refractivity contribution in [2.24, 2.45) is 5.92 Å². The van der Waals surface area contributed by atoms with Gasteiger partial charge in [0.2, 0.25) is 0 Å². The van der Waals surface area contributed by atoms with E-state index in [-0.39, 0.29) is 18.7 Å². The predicted octanol–water partition coefficient (Wildman–Crippen LogP) is 8.77. The molecule has 0 aromatic carbocycles. The molecular formula is C49H81N3O16P2. The van der Waals surface area contributed by atoms with E-state index < -0.39 is 89.8 Å². The first-order valence-corrected chi connectivity index (χ1v) is 27.8. The van der Waals surface area contributed by atoms with Crippen LogP contribution in [0.4, 0.5) is 5.82 Å². The Morgan fingerprint density at radius 1 is 0.800 bits per heavy atom. The fraction of sp³-hybridized carbons (Fsp3) is 0.673. The molecule has 0 amide bonds. The van der Waals surface area contributed by atoms with E-state index in [0.29, 0.717) is 32.1 Å². The summed E-state index contributed by atoms with van der Waals surface area (Å²) in [7, 11) is -10.9. The van der Waals surface area contributed by atoms with Crippen LogP contribution in [-0.4, -0.2) is 96.9 Å². The number of allylic oxidation sites excluding steroid dienone is 8. The first kappa shape index (κ1) is 62.5. The number of esters is 2. The molecule has 1 aliphatic heterocycles. The molecule has 0 aliphatic carbocycles. The topological polar surface area (TPSA) is 286 Å². The fourth-order valence-corrected chi connectivity index (χ4v) is 9.13. The van der Waals surface area contributed by atoms with Crippen LogP contribution >= 0.6 is 15.6 Å². The van der Waals surface area contributed by atoms with E-state index in [1.54, 1.807) is 6.08 Å². The predicted molar refractivity (Wildman–Crippen MR) is 267 cm³/mol. The van der Waals surface area contributed by atoms with Crippen molar-refractivity contribution < 1.29 is 71.4 Å². The van der Waals surface area contributed by atoms with E-state index in [1.807, 2.05) is 61.6 Å². The number of rotatable bonds is 39. The number of carbonyl (C=O) groups is 2. The average molecular weight is 1030 g/mol. The van der Waals surface area contributed by atoms with Gasteiger partial charge in [-0.05, 0) is 56.9 Å². The molecule has 19 nitrogen and oxygen atoms in total. The summed E-state index contributed by atoms with van der Waals surface area (Å²) in [4.78, 5) is 61.8. The van der Waals surface area contributed by atoms with E-state index in [0.717, 1.165) is 55.2 Å². The van der Waals surface area contributed by atoms with Crippen molar-refractivity contribution in [2.45, 2.75) is 186 Å². The number of ether oxygens (including phenoxy) is 3. The number of nitrogens with two attached hydrogens (primary N) is 1. The molecule has 1 aromatic heterocycles. The van der Waals surface area contributed by atoms with Gasteiger partial charge in [-0.2, -0.15) is 9.29 Å². The van der Waals surface area contributed by atoms with Gasteiger partial charge in [-0.15, -0.1) is 0 Å². The van der Waals surface area contributed by atoms with Gasteiger partial charge in [0.25, 0.3) is 0 Å². The molecule has 0 saturated carbocycles. The summed E-state index contributed by atoms with van der Waals surface area (Å²) in [6.07, 6.45) is 29.5. The molecule has 3 unspecified atom stereocenters. The Morgan fingerprint density at radius 3 is 2.06 bits per heavy atom. The van der Waals surface area contributed by atoms with Crippen LogP contribution in [0.2, 0.25) is 0 Å². The van der Waals surface area contributed by atoms with Crippen LogP contribution in [0, 0.1) is 5.92 Å². The quantitative estimate of drug-likeness (QED) is 0.0118. The zero-order valence-corrected chi connectivity index (χ0v) is 43.1. The van der Waals surface area contributed by atoms with Gasteiger partial charge in [0.05, 0.1) is 19.3 Å². The highest BCUT2D eigenvalue weighted by Crippen LogP contribution is 2.60. The van der Waals surface area contributed by atoms with Gasteiger partial charge in [-0.1, -0.05) is 152 Å². The van der Waals surface area contributed by atoms with E-state index in [1.165, 1.54) is 51.0 Å². The van der Waals surface area contributed by atoms with Crippen molar-refractivity contribution in [1.29, 1.82) is 0 Å². The molecule has 21 heteroatoms. The van der Waals surface area contributed by atoms with Crippen LogP contribution in [0.3, 0.4) is 0 Å². The van der Waals surface area contributed by atoms with Crippen LogP contribution in [0.5, 0.6) is 0 Å². The number of phosphoric acid groups is 2. The highest BCUT2D eigenvalue weighted by Gasteiger charge is 2.46. The molecule has 0 bridgehead atoms. The average Bonchev–Trinajstić information content (AvgIpc) is 3.58. The second kappa shape index (κ2) is 36.4. The number of aromatic nitrogens is 2. The Kier molecular flexibility index (Phi) is 32.5. The minimum absolute atomic E-state index is 0.0474. The number of nitrogens with zero attached hydrogens (tertiary/aromatic N) is 2. The highest BCUT2D eigenvalue weighted by molar-refractivity contribution is 7.61. The van der Waals surface area contributed by atoms with Crippen LogP contribution in [-0.2, 0) is 46.3 Å². The molecule has 1 saturated heterocycles. The van der Waals surface area contributed by atoms with Gasteiger partial charge in [-0.3, -0.25) is 23.2 Å². The second-order valence-corrected chi connectivity index (χ2v) is 20.7. The normalized spacial score (nSPS) is 20.3. The summed E-state index contributed by atoms with van der Waals surface area (Å²) in [5.41, 5.74) is 4.57. The van der Waals surface area contributed by atoms with Crippen molar-refractivity contribution >= 4 is 33.4 Å². The lowest BCUT2D eigenvalue weighted by Gasteiger charge is -2.21. The molecule has 398 valence electrons. The molecule has 1 aliphatic rings. The van der Waals surface area contributed by atoms with Crippen LogP contribution < -0.4 is 11.4 Å². The summed E-state index contributed by atoms with van der Waals surface area (Å²) in [6, 6.07) is 1.24. The maximum Gasteiger partial charge on any atom is 0.481 e. The Balaban J connectivity index is 1.85. The summed E-state index contributed by atoms with van der Waals surface area (Å²) in [6.45, 7) is 4.14. The van der Waals surface area contributed by atoms with Gasteiger partial charge in [0, 0.05) is 19.0 Å². The maximum absolute atomic E-state index is 12.8. The number of aliphatic hydroxyl groups is 3. The van der Waals surface area contributed by atoms with Gasteiger partial charge >= 0.3 is 33.3 Å². The Bertz CT molecular complexity index is 1940. The van der Waals surface area contributed by atoms with Crippen LogP contribution in [0.15, 0.2) is 77.8 Å². The second-order valence-electron chi connectivity index (χ2n) is 17.6. The standard InChI is InChI=1S/C49H81N3O16P2/c1-4-5-30-40(53)31-26-22-18-14-10-6-7-11-16-20-24-28-33-45(55)66-41(36-63-44(54)32-27-23-19-15-12-8-9-13-17-21-25-29-39(2)3)37-64-69(59,60)68-70(61,62)65-38-42-46(56)47(57)48(67-42)52-35-34-43(50)51-49(52)58/h5-7,14,16,18,20,22,26,30,34-35,39-42,46-48,53,56-57H,4,8-13,15,17,19,21,23-25,27-29,31-33,36-38H2,1-3H3,(H,59,60)(H,61,62)(H2,50,51,58)/b7-6-,18-14-,20-16-,26-22+,30-5-/t40?,41-,42-,46-,47-,48-/m1/s1. The monoisotopic (exact) mass is 1030 g/mol. The maximum atomic E-state index is 12.8. The van der Waals surface area contributed by atoms with E-state index >= 15 is 0 Å². The molecule has 1 fully saturated rings. The Labute approximate surface area is 414 Å². The summed E-state index contributed by atoms with van der Waals surface area (Å²) < 4.78 is 56.6. The van der Waals surface area contributed by atoms with E-state index in [2.05, 4.69) is 23.1 Å². The van der Waals surface area contributed by atoms with E-state index in [4.69, 9.17) is 29.0 Å². The number of phosphoric ester groups is 2. The lowest BCUT2D eigenvalue weighted by atomic mass is 10.0. The van der Waals surface area contributed by atoms with Gasteiger partial charge in [-0.25, -0.2) is 13.9 Å². The minimum atomic E-state index is -5.44. The highest BCUT2D eigenvalue weighted by atomic mass is 31.3. The van der Waals surface area contributed by atoms with Gasteiger partial charge < -0.3 is 45.1 Å². The third-order valence-electron chi connectivity index (χ3n) is 10.9. The third kappa shape index (κ3) is 29.7.